The molecule has 1 amide bonds. The number of rotatable bonds is 6. The highest BCUT2D eigenvalue weighted by atomic mass is 35.5. The summed E-state index contributed by atoms with van der Waals surface area (Å²) in [5.74, 6) is -3.13. The van der Waals surface area contributed by atoms with Crippen molar-refractivity contribution < 1.29 is 27.8 Å². The van der Waals surface area contributed by atoms with Gasteiger partial charge in [-0.3, -0.25) is 19.0 Å². The largest absolute Gasteiger partial charge is 0.471 e. The minimum Gasteiger partial charge on any atom is -0.471 e. The molecule has 182 valence electrons. The molecule has 2 heterocycles. The van der Waals surface area contributed by atoms with Gasteiger partial charge in [-0.15, -0.1) is 0 Å². The SMILES string of the molecule is Cc1ccc(C(=O)C(=O)N2CCOCC2)cc1-n1cnc(OCc2ccc(F)cc2F)c(Cl)c1=O. The van der Waals surface area contributed by atoms with Crippen LogP contribution in [0, 0.1) is 18.6 Å². The summed E-state index contributed by atoms with van der Waals surface area (Å²) in [6.07, 6.45) is 1.16. The zero-order valence-electron chi connectivity index (χ0n) is 18.6. The van der Waals surface area contributed by atoms with E-state index in [0.717, 1.165) is 17.0 Å². The van der Waals surface area contributed by atoms with Crippen LogP contribution in [0.5, 0.6) is 5.88 Å². The van der Waals surface area contributed by atoms with Crippen molar-refractivity contribution in [2.24, 2.45) is 0 Å². The van der Waals surface area contributed by atoms with Crippen LogP contribution in [-0.4, -0.2) is 52.4 Å². The quantitative estimate of drug-likeness (QED) is 0.379. The maximum atomic E-state index is 13.8. The average Bonchev–Trinajstić information content (AvgIpc) is 2.86. The molecular weight excluding hydrogens is 484 g/mol. The molecule has 8 nitrogen and oxygen atoms in total. The second kappa shape index (κ2) is 10.3. The van der Waals surface area contributed by atoms with Crippen molar-refractivity contribution in [2.45, 2.75) is 13.5 Å². The van der Waals surface area contributed by atoms with Crippen LogP contribution < -0.4 is 10.3 Å². The van der Waals surface area contributed by atoms with Gasteiger partial charge in [0.1, 0.15) is 24.6 Å². The van der Waals surface area contributed by atoms with Gasteiger partial charge in [-0.05, 0) is 30.7 Å². The molecule has 0 saturated carbocycles. The second-order valence-electron chi connectivity index (χ2n) is 7.80. The number of benzene rings is 2. The Morgan fingerprint density at radius 3 is 2.60 bits per heavy atom. The number of morpholine rings is 1. The number of amides is 1. The number of aromatic nitrogens is 2. The Hall–Kier alpha value is -3.63. The number of hydrogen-bond donors (Lipinski definition) is 0. The third kappa shape index (κ3) is 5.23. The van der Waals surface area contributed by atoms with Gasteiger partial charge in [-0.25, -0.2) is 13.8 Å². The summed E-state index contributed by atoms with van der Waals surface area (Å²) in [4.78, 5) is 43.8. The first-order chi connectivity index (χ1) is 16.8. The summed E-state index contributed by atoms with van der Waals surface area (Å²) >= 11 is 6.17. The lowest BCUT2D eigenvalue weighted by Crippen LogP contribution is -2.44. The molecule has 1 aromatic heterocycles. The fourth-order valence-corrected chi connectivity index (χ4v) is 3.71. The van der Waals surface area contributed by atoms with Gasteiger partial charge >= 0.3 is 0 Å². The molecule has 11 heteroatoms. The van der Waals surface area contributed by atoms with Gasteiger partial charge in [-0.2, -0.15) is 0 Å². The van der Waals surface area contributed by atoms with E-state index in [1.54, 1.807) is 13.0 Å². The van der Waals surface area contributed by atoms with Gasteiger partial charge in [-0.1, -0.05) is 23.7 Å². The fraction of sp³-hybridized carbons (Fsp3) is 0.250. The van der Waals surface area contributed by atoms with Gasteiger partial charge < -0.3 is 14.4 Å². The van der Waals surface area contributed by atoms with Crippen molar-refractivity contribution >= 4 is 23.3 Å². The second-order valence-corrected chi connectivity index (χ2v) is 8.18. The highest BCUT2D eigenvalue weighted by Crippen LogP contribution is 2.22. The summed E-state index contributed by atoms with van der Waals surface area (Å²) in [6.45, 7) is 2.77. The summed E-state index contributed by atoms with van der Waals surface area (Å²) < 4.78 is 38.6. The molecule has 1 saturated heterocycles. The fourth-order valence-electron chi connectivity index (χ4n) is 3.52. The number of ketones is 1. The van der Waals surface area contributed by atoms with Crippen LogP contribution in [0.4, 0.5) is 8.78 Å². The molecule has 0 radical (unpaired) electrons. The van der Waals surface area contributed by atoms with E-state index < -0.39 is 28.9 Å². The summed E-state index contributed by atoms with van der Waals surface area (Å²) in [5.41, 5.74) is 0.407. The van der Waals surface area contributed by atoms with Crippen molar-refractivity contribution in [3.05, 3.63) is 86.4 Å². The van der Waals surface area contributed by atoms with Crippen molar-refractivity contribution in [2.75, 3.05) is 26.3 Å². The van der Waals surface area contributed by atoms with Crippen LogP contribution in [0.3, 0.4) is 0 Å². The highest BCUT2D eigenvalue weighted by molar-refractivity contribution is 6.42. The minimum atomic E-state index is -0.807. The molecule has 1 aliphatic rings. The van der Waals surface area contributed by atoms with Crippen molar-refractivity contribution in [3.63, 3.8) is 0 Å². The van der Waals surface area contributed by atoms with Crippen molar-refractivity contribution in [1.82, 2.24) is 14.5 Å². The number of nitrogens with zero attached hydrogens (tertiary/aromatic N) is 3. The molecule has 1 fully saturated rings. The zero-order valence-corrected chi connectivity index (χ0v) is 19.3. The summed E-state index contributed by atoms with van der Waals surface area (Å²) in [6, 6.07) is 7.54. The molecule has 0 bridgehead atoms. The van der Waals surface area contributed by atoms with Crippen molar-refractivity contribution in [3.8, 4) is 11.6 Å². The number of halogens is 3. The minimum absolute atomic E-state index is 0.0560. The molecule has 35 heavy (non-hydrogen) atoms. The van der Waals surface area contributed by atoms with E-state index in [4.69, 9.17) is 21.1 Å². The number of Topliss-reactive ketones (excluding diaryl/α,β-unsaturated/α-hetero) is 1. The van der Waals surface area contributed by atoms with Crippen LogP contribution in [-0.2, 0) is 16.1 Å². The maximum absolute atomic E-state index is 13.8. The smallest absolute Gasteiger partial charge is 0.295 e. The van der Waals surface area contributed by atoms with Crippen molar-refractivity contribution in [1.29, 1.82) is 0 Å². The maximum Gasteiger partial charge on any atom is 0.295 e. The molecular formula is C24H20ClF2N3O5. The number of aryl methyl sites for hydroxylation is 1. The van der Waals surface area contributed by atoms with E-state index in [1.165, 1.54) is 23.1 Å². The van der Waals surface area contributed by atoms with E-state index in [-0.39, 0.29) is 28.6 Å². The molecule has 0 N–H and O–H groups in total. The molecule has 0 unspecified atom stereocenters. The van der Waals surface area contributed by atoms with Crippen LogP contribution in [0.25, 0.3) is 5.69 Å². The number of carbonyl (C=O) groups excluding carboxylic acids is 2. The average molecular weight is 504 g/mol. The van der Waals surface area contributed by atoms with Gasteiger partial charge in [0, 0.05) is 30.3 Å². The predicted molar refractivity (Wildman–Crippen MR) is 122 cm³/mol. The van der Waals surface area contributed by atoms with Crippen LogP contribution >= 0.6 is 11.6 Å². The molecule has 4 rings (SSSR count). The van der Waals surface area contributed by atoms with Gasteiger partial charge in [0.05, 0.1) is 18.9 Å². The lowest BCUT2D eigenvalue weighted by Gasteiger charge is -2.26. The van der Waals surface area contributed by atoms with E-state index >= 15 is 0 Å². The molecule has 0 aliphatic carbocycles. The third-order valence-corrected chi connectivity index (χ3v) is 5.81. The first-order valence-electron chi connectivity index (χ1n) is 10.6. The predicted octanol–water partition coefficient (Wildman–Crippen LogP) is 3.09. The molecule has 1 aliphatic heterocycles. The van der Waals surface area contributed by atoms with Crippen LogP contribution in [0.15, 0.2) is 47.5 Å². The number of ether oxygens (including phenoxy) is 2. The monoisotopic (exact) mass is 503 g/mol. The van der Waals surface area contributed by atoms with Gasteiger partial charge in [0.25, 0.3) is 11.5 Å². The summed E-state index contributed by atoms with van der Waals surface area (Å²) in [5, 5.41) is -0.365. The third-order valence-electron chi connectivity index (χ3n) is 5.49. The molecule has 2 aromatic carbocycles. The normalized spacial score (nSPS) is 13.5. The topological polar surface area (TPSA) is 90.7 Å². The Bertz CT molecular complexity index is 1360. The lowest BCUT2D eigenvalue weighted by atomic mass is 10.1. The van der Waals surface area contributed by atoms with E-state index in [2.05, 4.69) is 4.98 Å². The van der Waals surface area contributed by atoms with Crippen LogP contribution in [0.1, 0.15) is 21.5 Å². The lowest BCUT2D eigenvalue weighted by molar-refractivity contribution is -0.130. The van der Waals surface area contributed by atoms with E-state index in [9.17, 15) is 23.2 Å². The Kier molecular flexibility index (Phi) is 7.23. The standard InChI is InChI=1S/C24H20ClF2N3O5/c1-14-2-3-15(21(31)24(33)29-6-8-34-9-7-29)10-19(14)30-13-28-22(20(25)23(30)32)35-12-16-4-5-17(26)11-18(16)27/h2-5,10-11,13H,6-9,12H2,1H3. The van der Waals surface area contributed by atoms with E-state index in [0.29, 0.717) is 43.6 Å². The first-order valence-corrected chi connectivity index (χ1v) is 11.0. The van der Waals surface area contributed by atoms with Gasteiger partial charge in [0.15, 0.2) is 5.02 Å². The summed E-state index contributed by atoms with van der Waals surface area (Å²) in [7, 11) is 0. The van der Waals surface area contributed by atoms with E-state index in [1.807, 2.05) is 0 Å². The molecule has 0 atom stereocenters. The Balaban J connectivity index is 1.58. The Morgan fingerprint density at radius 1 is 1.14 bits per heavy atom. The number of hydrogen-bond acceptors (Lipinski definition) is 6. The van der Waals surface area contributed by atoms with Crippen LogP contribution in [0.2, 0.25) is 5.02 Å². The first kappa shape index (κ1) is 24.5. The zero-order chi connectivity index (χ0) is 25.1. The van der Waals surface area contributed by atoms with Gasteiger partial charge in [0.2, 0.25) is 11.7 Å². The number of carbonyl (C=O) groups is 2. The molecule has 3 aromatic rings. The highest BCUT2D eigenvalue weighted by Gasteiger charge is 2.25. The Labute approximate surface area is 203 Å². The molecule has 0 spiro atoms. The Morgan fingerprint density at radius 2 is 1.89 bits per heavy atom.